The first kappa shape index (κ1) is 12.2. The minimum atomic E-state index is 0.640. The van der Waals surface area contributed by atoms with E-state index >= 15 is 0 Å². The largest absolute Gasteiger partial charge is 0.316 e. The van der Waals surface area contributed by atoms with Gasteiger partial charge in [-0.15, -0.1) is 0 Å². The Morgan fingerprint density at radius 1 is 1.22 bits per heavy atom. The Hall–Kier alpha value is -0.820. The molecule has 0 radical (unpaired) electrons. The topological polar surface area (TPSA) is 12.0 Å². The van der Waals surface area contributed by atoms with Crippen molar-refractivity contribution in [1.82, 2.24) is 5.32 Å². The smallest absolute Gasteiger partial charge is 0.00119 e. The normalized spacial score (nSPS) is 32.4. The fraction of sp³-hybridized carbons (Fsp3) is 0.647. The van der Waals surface area contributed by atoms with Gasteiger partial charge in [0.25, 0.3) is 0 Å². The average Bonchev–Trinajstić information content (AvgIpc) is 3.26. The second-order valence-electron chi connectivity index (χ2n) is 6.20. The van der Waals surface area contributed by atoms with Crippen LogP contribution in [0.2, 0.25) is 0 Å². The molecule has 2 aliphatic rings. The van der Waals surface area contributed by atoms with Crippen LogP contribution in [0.25, 0.3) is 0 Å². The molecular weight excluding hydrogens is 218 g/mol. The van der Waals surface area contributed by atoms with E-state index < -0.39 is 0 Å². The monoisotopic (exact) mass is 243 g/mol. The summed E-state index contributed by atoms with van der Waals surface area (Å²) in [6.07, 6.45) is 7.00. The van der Waals surface area contributed by atoms with Crippen LogP contribution in [-0.2, 0) is 6.42 Å². The van der Waals surface area contributed by atoms with Crippen molar-refractivity contribution in [2.75, 3.05) is 13.1 Å². The molecule has 0 bridgehead atoms. The minimum Gasteiger partial charge on any atom is -0.316 e. The first-order valence-corrected chi connectivity index (χ1v) is 7.60. The number of benzene rings is 1. The van der Waals surface area contributed by atoms with E-state index in [1.165, 1.54) is 50.8 Å². The van der Waals surface area contributed by atoms with Gasteiger partial charge >= 0.3 is 0 Å². The molecule has 1 aromatic carbocycles. The van der Waals surface area contributed by atoms with Crippen LogP contribution in [-0.4, -0.2) is 13.1 Å². The van der Waals surface area contributed by atoms with Crippen molar-refractivity contribution in [2.45, 2.75) is 39.0 Å². The second kappa shape index (κ2) is 5.05. The van der Waals surface area contributed by atoms with E-state index in [1.54, 1.807) is 0 Å². The van der Waals surface area contributed by atoms with Crippen molar-refractivity contribution >= 4 is 0 Å². The van der Waals surface area contributed by atoms with Crippen LogP contribution < -0.4 is 5.32 Å². The zero-order valence-corrected chi connectivity index (χ0v) is 11.5. The Bertz CT molecular complexity index is 382. The number of nitrogens with one attached hydrogen (secondary N) is 1. The molecule has 1 aliphatic carbocycles. The van der Waals surface area contributed by atoms with Crippen molar-refractivity contribution in [3.05, 3.63) is 35.9 Å². The summed E-state index contributed by atoms with van der Waals surface area (Å²) in [5, 5.41) is 3.63. The molecule has 1 heteroatoms. The van der Waals surface area contributed by atoms with E-state index in [-0.39, 0.29) is 0 Å². The highest BCUT2D eigenvalue weighted by Gasteiger charge is 2.49. The van der Waals surface area contributed by atoms with Crippen LogP contribution in [0, 0.1) is 17.3 Å². The highest BCUT2D eigenvalue weighted by Crippen LogP contribution is 2.55. The maximum atomic E-state index is 3.63. The van der Waals surface area contributed by atoms with E-state index in [1.807, 2.05) is 0 Å². The van der Waals surface area contributed by atoms with Crippen LogP contribution in [0.1, 0.15) is 38.2 Å². The lowest BCUT2D eigenvalue weighted by Gasteiger charge is -2.45. The summed E-state index contributed by atoms with van der Waals surface area (Å²) in [6, 6.07) is 11.1. The lowest BCUT2D eigenvalue weighted by atomic mass is 9.64. The third-order valence-corrected chi connectivity index (χ3v) is 5.34. The van der Waals surface area contributed by atoms with Crippen molar-refractivity contribution in [2.24, 2.45) is 17.3 Å². The molecule has 2 unspecified atom stereocenters. The molecule has 2 fully saturated rings. The Morgan fingerprint density at radius 3 is 2.67 bits per heavy atom. The molecule has 1 heterocycles. The van der Waals surface area contributed by atoms with Crippen molar-refractivity contribution in [1.29, 1.82) is 0 Å². The number of piperidine rings is 1. The summed E-state index contributed by atoms with van der Waals surface area (Å²) < 4.78 is 0. The molecule has 1 nitrogen and oxygen atoms in total. The molecule has 0 amide bonds. The predicted octanol–water partition coefficient (Wildman–Crippen LogP) is 3.65. The molecule has 0 aromatic heterocycles. The fourth-order valence-electron chi connectivity index (χ4n) is 4.13. The van der Waals surface area contributed by atoms with Crippen LogP contribution in [0.5, 0.6) is 0 Å². The summed E-state index contributed by atoms with van der Waals surface area (Å²) in [5.41, 5.74) is 2.16. The summed E-state index contributed by atoms with van der Waals surface area (Å²) in [7, 11) is 0. The maximum absolute atomic E-state index is 3.63. The van der Waals surface area contributed by atoms with Gasteiger partial charge < -0.3 is 5.32 Å². The Morgan fingerprint density at radius 2 is 2.00 bits per heavy atom. The first-order chi connectivity index (χ1) is 8.85. The number of hydrogen-bond donors (Lipinski definition) is 1. The van der Waals surface area contributed by atoms with Crippen LogP contribution >= 0.6 is 0 Å². The van der Waals surface area contributed by atoms with Crippen LogP contribution in [0.4, 0.5) is 0 Å². The maximum Gasteiger partial charge on any atom is -0.00119 e. The molecular formula is C17H25N. The molecule has 3 rings (SSSR count). The van der Waals surface area contributed by atoms with E-state index in [4.69, 9.17) is 0 Å². The van der Waals surface area contributed by atoms with Gasteiger partial charge in [0, 0.05) is 0 Å². The van der Waals surface area contributed by atoms with Gasteiger partial charge in [-0.2, -0.15) is 0 Å². The summed E-state index contributed by atoms with van der Waals surface area (Å²) in [6.45, 7) is 4.87. The van der Waals surface area contributed by atoms with Gasteiger partial charge in [0.15, 0.2) is 0 Å². The number of hydrogen-bond acceptors (Lipinski definition) is 1. The average molecular weight is 243 g/mol. The molecule has 18 heavy (non-hydrogen) atoms. The quantitative estimate of drug-likeness (QED) is 0.851. The third-order valence-electron chi connectivity index (χ3n) is 5.34. The van der Waals surface area contributed by atoms with Gasteiger partial charge in [0.1, 0.15) is 0 Å². The van der Waals surface area contributed by atoms with Gasteiger partial charge in [0.2, 0.25) is 0 Å². The zero-order valence-electron chi connectivity index (χ0n) is 11.5. The standard InChI is InChI=1S/C17H25N/c1-2-17(15-8-9-15)10-11-18-13-16(17)12-14-6-4-3-5-7-14/h3-7,15-16,18H,2,8-13H2,1H3. The van der Waals surface area contributed by atoms with Gasteiger partial charge in [-0.25, -0.2) is 0 Å². The van der Waals surface area contributed by atoms with Crippen molar-refractivity contribution in [3.63, 3.8) is 0 Å². The Balaban J connectivity index is 1.79. The molecule has 1 saturated heterocycles. The number of rotatable bonds is 4. The summed E-state index contributed by atoms with van der Waals surface area (Å²) in [5.74, 6) is 1.87. The van der Waals surface area contributed by atoms with E-state index in [0.29, 0.717) is 5.41 Å². The van der Waals surface area contributed by atoms with Crippen LogP contribution in [0.3, 0.4) is 0 Å². The highest BCUT2D eigenvalue weighted by molar-refractivity contribution is 5.17. The Kier molecular flexibility index (Phi) is 3.43. The lowest BCUT2D eigenvalue weighted by Crippen LogP contribution is -2.47. The van der Waals surface area contributed by atoms with Crippen molar-refractivity contribution in [3.8, 4) is 0 Å². The Labute approximate surface area is 111 Å². The van der Waals surface area contributed by atoms with Gasteiger partial charge in [0.05, 0.1) is 0 Å². The molecule has 1 saturated carbocycles. The zero-order chi connectivity index (χ0) is 12.4. The first-order valence-electron chi connectivity index (χ1n) is 7.60. The van der Waals surface area contributed by atoms with E-state index in [2.05, 4.69) is 42.6 Å². The summed E-state index contributed by atoms with van der Waals surface area (Å²) in [4.78, 5) is 0. The molecule has 1 N–H and O–H groups in total. The van der Waals surface area contributed by atoms with Gasteiger partial charge in [-0.05, 0) is 68.0 Å². The molecule has 1 aromatic rings. The highest BCUT2D eigenvalue weighted by atomic mass is 14.9. The SMILES string of the molecule is CCC1(C2CC2)CCNCC1Cc1ccccc1. The van der Waals surface area contributed by atoms with Gasteiger partial charge in [-0.1, -0.05) is 37.3 Å². The minimum absolute atomic E-state index is 0.640. The predicted molar refractivity (Wildman–Crippen MR) is 76.6 cm³/mol. The lowest BCUT2D eigenvalue weighted by molar-refractivity contribution is 0.0736. The summed E-state index contributed by atoms with van der Waals surface area (Å²) >= 11 is 0. The molecule has 0 spiro atoms. The van der Waals surface area contributed by atoms with E-state index in [9.17, 15) is 0 Å². The molecule has 2 atom stereocenters. The fourth-order valence-corrected chi connectivity index (χ4v) is 4.13. The molecule has 98 valence electrons. The van der Waals surface area contributed by atoms with E-state index in [0.717, 1.165) is 11.8 Å². The second-order valence-corrected chi connectivity index (χ2v) is 6.20. The van der Waals surface area contributed by atoms with Gasteiger partial charge in [-0.3, -0.25) is 0 Å². The third kappa shape index (κ3) is 2.21. The molecule has 1 aliphatic heterocycles. The van der Waals surface area contributed by atoms with Crippen molar-refractivity contribution < 1.29 is 0 Å². The van der Waals surface area contributed by atoms with Crippen LogP contribution in [0.15, 0.2) is 30.3 Å².